The van der Waals surface area contributed by atoms with Gasteiger partial charge >= 0.3 is 0 Å². The maximum Gasteiger partial charge on any atom is 0.266 e. The third-order valence-electron chi connectivity index (χ3n) is 3.96. The van der Waals surface area contributed by atoms with Crippen molar-refractivity contribution in [3.63, 3.8) is 0 Å². The Morgan fingerprint density at radius 3 is 2.67 bits per heavy atom. The van der Waals surface area contributed by atoms with Gasteiger partial charge in [0.1, 0.15) is 22.5 Å². The van der Waals surface area contributed by atoms with E-state index in [2.05, 4.69) is 41.8 Å². The van der Waals surface area contributed by atoms with Crippen LogP contribution in [0.4, 0.5) is 5.95 Å². The van der Waals surface area contributed by atoms with Gasteiger partial charge in [-0.25, -0.2) is 4.98 Å². The molecular weight excluding hydrogens is 442 g/mol. The predicted octanol–water partition coefficient (Wildman–Crippen LogP) is 2.85. The van der Waals surface area contributed by atoms with Crippen LogP contribution in [0.2, 0.25) is 0 Å². The second-order valence-corrected chi connectivity index (χ2v) is 6.87. The van der Waals surface area contributed by atoms with Gasteiger partial charge in [-0.05, 0) is 35.8 Å². The zero-order valence-corrected chi connectivity index (χ0v) is 16.5. The first kappa shape index (κ1) is 17.0. The first-order valence-corrected chi connectivity index (χ1v) is 8.66. The van der Waals surface area contributed by atoms with E-state index in [1.54, 1.807) is 7.11 Å². The molecule has 0 saturated heterocycles. The summed E-state index contributed by atoms with van der Waals surface area (Å²) in [7, 11) is 1.59. The quantitative estimate of drug-likeness (QED) is 0.283. The highest BCUT2D eigenvalue weighted by molar-refractivity contribution is 9.10. The minimum absolute atomic E-state index is 0.170. The molecule has 9 heteroatoms. The molecule has 7 nitrogen and oxygen atoms in total. The molecule has 0 aromatic carbocycles. The number of hydrogen-bond donors (Lipinski definition) is 1. The molecule has 0 radical (unpaired) electrons. The summed E-state index contributed by atoms with van der Waals surface area (Å²) in [6.07, 6.45) is 1.85. The first-order valence-electron chi connectivity index (χ1n) is 7.08. The van der Waals surface area contributed by atoms with Crippen molar-refractivity contribution in [2.75, 3.05) is 12.8 Å². The average molecular weight is 457 g/mol. The summed E-state index contributed by atoms with van der Waals surface area (Å²) in [5.41, 5.74) is 8.51. The van der Waals surface area contributed by atoms with Gasteiger partial charge in [-0.1, -0.05) is 0 Å². The molecule has 0 atom stereocenters. The van der Waals surface area contributed by atoms with Crippen LogP contribution in [-0.2, 0) is 6.54 Å². The van der Waals surface area contributed by atoms with Crippen LogP contribution in [0.25, 0.3) is 11.0 Å². The molecule has 0 amide bonds. The van der Waals surface area contributed by atoms with Crippen LogP contribution in [-0.4, -0.2) is 21.6 Å². The summed E-state index contributed by atoms with van der Waals surface area (Å²) in [5.74, 6) is 0.861. The molecule has 126 valence electrons. The molecule has 0 unspecified atom stereocenters. The Morgan fingerprint density at radius 1 is 1.29 bits per heavy atom. The summed E-state index contributed by atoms with van der Waals surface area (Å²) in [5, 5.41) is 13.4. The lowest BCUT2D eigenvalue weighted by atomic mass is 10.1. The number of anilines is 1. The predicted molar refractivity (Wildman–Crippen MR) is 97.9 cm³/mol. The van der Waals surface area contributed by atoms with Gasteiger partial charge in [-0.2, -0.15) is 9.71 Å². The monoisotopic (exact) mass is 455 g/mol. The lowest BCUT2D eigenvalue weighted by Gasteiger charge is -2.16. The molecular formula is C15H15Br2N5O2. The summed E-state index contributed by atoms with van der Waals surface area (Å²) < 4.78 is 9.24. The van der Waals surface area contributed by atoms with Gasteiger partial charge in [0.05, 0.1) is 23.6 Å². The Morgan fingerprint density at radius 2 is 2.00 bits per heavy atom. The van der Waals surface area contributed by atoms with E-state index in [1.165, 1.54) is 0 Å². The number of nitrogen functional groups attached to an aromatic ring is 1. The van der Waals surface area contributed by atoms with Crippen LogP contribution in [0, 0.1) is 19.1 Å². The van der Waals surface area contributed by atoms with Crippen LogP contribution < -0.4 is 15.2 Å². The number of hydrogen-bond acceptors (Lipinski definition) is 5. The van der Waals surface area contributed by atoms with E-state index in [1.807, 2.05) is 30.7 Å². The largest absolute Gasteiger partial charge is 0.618 e. The van der Waals surface area contributed by atoms with Gasteiger partial charge in [0, 0.05) is 22.1 Å². The van der Waals surface area contributed by atoms with Crippen LogP contribution in [0.5, 0.6) is 5.75 Å². The molecule has 3 aromatic rings. The van der Waals surface area contributed by atoms with E-state index >= 15 is 0 Å². The molecule has 0 aliphatic heterocycles. The number of ether oxygens (including phenoxy) is 1. The normalized spacial score (nSPS) is 11.2. The zero-order chi connectivity index (χ0) is 17.6. The first-order chi connectivity index (χ1) is 11.3. The lowest BCUT2D eigenvalue weighted by molar-refractivity contribution is -0.626. The highest BCUT2D eigenvalue weighted by Gasteiger charge is 2.24. The lowest BCUT2D eigenvalue weighted by Crippen LogP contribution is -2.37. The molecule has 0 aliphatic carbocycles. The Kier molecular flexibility index (Phi) is 4.39. The van der Waals surface area contributed by atoms with Gasteiger partial charge in [-0.15, -0.1) is 0 Å². The van der Waals surface area contributed by atoms with Gasteiger partial charge in [0.25, 0.3) is 4.60 Å². The minimum Gasteiger partial charge on any atom is -0.618 e. The standard InChI is InChI=1S/C15H15Br2N5O2/c1-7-10(22(23)13(17)8(2)11(7)24-3)6-21-5-4-9-12(16)19-15(18)20-14(9)21/h4-5H,6H2,1-3H3,(H2,18,19,20). The number of pyridine rings is 1. The third-order valence-corrected chi connectivity index (χ3v) is 5.48. The zero-order valence-electron chi connectivity index (χ0n) is 13.3. The summed E-state index contributed by atoms with van der Waals surface area (Å²) in [6, 6.07) is 1.88. The van der Waals surface area contributed by atoms with Crippen molar-refractivity contribution < 1.29 is 9.47 Å². The van der Waals surface area contributed by atoms with Crippen molar-refractivity contribution in [2.24, 2.45) is 0 Å². The maximum absolute atomic E-state index is 12.6. The molecule has 0 bridgehead atoms. The fourth-order valence-corrected chi connectivity index (χ4v) is 3.64. The Bertz CT molecular complexity index is 955. The fraction of sp³-hybridized carbons (Fsp3) is 0.267. The van der Waals surface area contributed by atoms with Crippen LogP contribution in [0.3, 0.4) is 0 Å². The molecule has 3 rings (SSSR count). The van der Waals surface area contributed by atoms with Crippen molar-refractivity contribution in [2.45, 2.75) is 20.4 Å². The number of nitrogens with two attached hydrogens (primary N) is 1. The molecule has 2 N–H and O–H groups in total. The molecule has 3 heterocycles. The highest BCUT2D eigenvalue weighted by Crippen LogP contribution is 2.30. The summed E-state index contributed by atoms with van der Waals surface area (Å²) >= 11 is 6.72. The van der Waals surface area contributed by atoms with Crippen molar-refractivity contribution >= 4 is 48.8 Å². The molecule has 0 spiro atoms. The van der Waals surface area contributed by atoms with Crippen LogP contribution >= 0.6 is 31.9 Å². The number of fused-ring (bicyclic) bond motifs is 1. The number of nitrogens with zero attached hydrogens (tertiary/aromatic N) is 4. The maximum atomic E-state index is 12.6. The molecule has 0 fully saturated rings. The highest BCUT2D eigenvalue weighted by atomic mass is 79.9. The van der Waals surface area contributed by atoms with Gasteiger partial charge in [-0.3, -0.25) is 0 Å². The summed E-state index contributed by atoms with van der Waals surface area (Å²) in [6.45, 7) is 4.04. The van der Waals surface area contributed by atoms with Crippen LogP contribution in [0.1, 0.15) is 16.8 Å². The molecule has 3 aromatic heterocycles. The molecule has 0 aliphatic rings. The minimum atomic E-state index is 0.170. The van der Waals surface area contributed by atoms with E-state index < -0.39 is 0 Å². The fourth-order valence-electron chi connectivity index (χ4n) is 2.75. The Labute approximate surface area is 155 Å². The van der Waals surface area contributed by atoms with Crippen LogP contribution in [0.15, 0.2) is 21.5 Å². The van der Waals surface area contributed by atoms with Crippen molar-refractivity contribution in [1.82, 2.24) is 14.5 Å². The SMILES string of the molecule is COc1c(C)c(Br)[n+]([O-])c(Cn2ccc3c(Br)nc(N)nc32)c1C. The van der Waals surface area contributed by atoms with E-state index in [9.17, 15) is 5.21 Å². The van der Waals surface area contributed by atoms with E-state index in [0.29, 0.717) is 32.8 Å². The molecule has 24 heavy (non-hydrogen) atoms. The van der Waals surface area contributed by atoms with Crippen molar-refractivity contribution in [1.29, 1.82) is 0 Å². The number of rotatable bonds is 3. The van der Waals surface area contributed by atoms with Gasteiger partial charge < -0.3 is 20.2 Å². The second kappa shape index (κ2) is 6.21. The topological polar surface area (TPSA) is 92.9 Å². The summed E-state index contributed by atoms with van der Waals surface area (Å²) in [4.78, 5) is 8.37. The number of methoxy groups -OCH3 is 1. The average Bonchev–Trinajstić information content (AvgIpc) is 2.93. The van der Waals surface area contributed by atoms with Crippen molar-refractivity contribution in [3.8, 4) is 5.75 Å². The van der Waals surface area contributed by atoms with E-state index in [4.69, 9.17) is 10.5 Å². The third kappa shape index (κ3) is 2.61. The second-order valence-electron chi connectivity index (χ2n) is 5.37. The Balaban J connectivity index is 2.18. The van der Waals surface area contributed by atoms with E-state index in [0.717, 1.165) is 21.2 Å². The number of aromatic nitrogens is 4. The van der Waals surface area contributed by atoms with E-state index in [-0.39, 0.29) is 5.95 Å². The molecule has 0 saturated carbocycles. The van der Waals surface area contributed by atoms with Crippen molar-refractivity contribution in [3.05, 3.63) is 43.5 Å². The van der Waals surface area contributed by atoms with Gasteiger partial charge in [0.2, 0.25) is 11.6 Å². The van der Waals surface area contributed by atoms with Gasteiger partial charge in [0.15, 0.2) is 0 Å². The Hall–Kier alpha value is -1.87. The smallest absolute Gasteiger partial charge is 0.266 e. The number of halogens is 2.